The molecule has 0 spiro atoms. The number of aliphatic hydroxyl groups excluding tert-OH is 2. The fourth-order valence-electron chi connectivity index (χ4n) is 5.83. The van der Waals surface area contributed by atoms with Crippen LogP contribution in [-0.2, 0) is 47.9 Å². The zero-order valence-electron chi connectivity index (χ0n) is 33.3. The molecule has 1 fully saturated rings. The lowest BCUT2D eigenvalue weighted by Gasteiger charge is -2.32. The van der Waals surface area contributed by atoms with Crippen molar-refractivity contribution in [2.24, 2.45) is 23.3 Å². The average molecular weight is 846 g/mol. The molecular weight excluding hydrogens is 787 g/mol. The number of hydrogen-bond donors (Lipinski definition) is 12. The van der Waals surface area contributed by atoms with Crippen molar-refractivity contribution in [1.82, 2.24) is 36.8 Å². The molecule has 22 nitrogen and oxygen atoms in total. The fourth-order valence-corrected chi connectivity index (χ4v) is 6.08. The molecule has 1 rings (SSSR count). The number of carboxylic acid groups (broad SMARTS) is 1. The summed E-state index contributed by atoms with van der Waals surface area (Å²) in [5, 5.41) is 42.8. The van der Waals surface area contributed by atoms with Crippen LogP contribution in [0.25, 0.3) is 0 Å². The van der Waals surface area contributed by atoms with Crippen LogP contribution in [0.5, 0.6) is 0 Å². The van der Waals surface area contributed by atoms with Crippen molar-refractivity contribution in [3.8, 4) is 0 Å². The highest BCUT2D eigenvalue weighted by Crippen LogP contribution is 2.22. The molecule has 0 aromatic heterocycles. The molecule has 1 saturated heterocycles. The van der Waals surface area contributed by atoms with Crippen LogP contribution in [-0.4, -0.2) is 153 Å². The lowest BCUT2D eigenvalue weighted by Crippen LogP contribution is -2.62. The third kappa shape index (κ3) is 15.8. The summed E-state index contributed by atoms with van der Waals surface area (Å²) in [6.07, 6.45) is -1.89. The number of aldehydes is 1. The third-order valence-electron chi connectivity index (χ3n) is 9.47. The van der Waals surface area contributed by atoms with Crippen LogP contribution in [0.1, 0.15) is 73.1 Å². The fraction of sp³-hybridized carbons (Fsp3) is 0.714. The number of primary amides is 1. The van der Waals surface area contributed by atoms with Crippen molar-refractivity contribution in [2.45, 2.75) is 128 Å². The van der Waals surface area contributed by atoms with Gasteiger partial charge in [-0.25, -0.2) is 0 Å². The summed E-state index contributed by atoms with van der Waals surface area (Å²) in [6.45, 7) is 7.42. The molecule has 0 unspecified atom stereocenters. The van der Waals surface area contributed by atoms with Gasteiger partial charge in [0, 0.05) is 18.7 Å². The second kappa shape index (κ2) is 24.8. The van der Waals surface area contributed by atoms with Gasteiger partial charge in [-0.05, 0) is 38.0 Å². The first kappa shape index (κ1) is 51.1. The largest absolute Gasteiger partial charge is 0.481 e. The molecule has 0 aromatic rings. The van der Waals surface area contributed by atoms with Gasteiger partial charge in [0.25, 0.3) is 0 Å². The van der Waals surface area contributed by atoms with Crippen LogP contribution in [0, 0.1) is 11.8 Å². The number of thiol groups is 1. The quantitative estimate of drug-likeness (QED) is 0.0303. The van der Waals surface area contributed by atoms with Crippen LogP contribution >= 0.6 is 12.6 Å². The number of aliphatic carboxylic acids is 1. The van der Waals surface area contributed by atoms with E-state index in [4.69, 9.17) is 16.6 Å². The molecule has 0 radical (unpaired) electrons. The van der Waals surface area contributed by atoms with Crippen LogP contribution in [0.2, 0.25) is 0 Å². The number of carboxylic acids is 1. The van der Waals surface area contributed by atoms with Crippen LogP contribution in [0.4, 0.5) is 0 Å². The predicted octanol–water partition coefficient (Wildman–Crippen LogP) is -4.84. The lowest BCUT2D eigenvalue weighted by atomic mass is 9.96. The molecule has 1 heterocycles. The van der Waals surface area contributed by atoms with E-state index < -0.39 is 139 Å². The van der Waals surface area contributed by atoms with Gasteiger partial charge in [0.05, 0.1) is 25.2 Å². The topological polar surface area (TPSA) is 359 Å². The first-order chi connectivity index (χ1) is 27.1. The molecule has 23 heteroatoms. The molecular formula is C35H59N9O13S. The second-order valence-electron chi connectivity index (χ2n) is 14.5. The van der Waals surface area contributed by atoms with Gasteiger partial charge >= 0.3 is 5.97 Å². The van der Waals surface area contributed by atoms with Crippen LogP contribution < -0.4 is 43.4 Å². The number of amides is 8. The van der Waals surface area contributed by atoms with Crippen molar-refractivity contribution < 1.29 is 63.3 Å². The van der Waals surface area contributed by atoms with Crippen molar-refractivity contribution in [3.05, 3.63) is 0 Å². The summed E-state index contributed by atoms with van der Waals surface area (Å²) in [7, 11) is 0. The van der Waals surface area contributed by atoms with E-state index >= 15 is 0 Å². The zero-order chi connectivity index (χ0) is 44.4. The van der Waals surface area contributed by atoms with Crippen molar-refractivity contribution >= 4 is 72.1 Å². The standard InChI is InChI=1S/C35H59N9O13S/c1-6-17(4)27(42-32(54)23-8-7-11-44(23)35(57)26(16(2)3)41-29(51)20(36)14-46)33(55)39-21(9-10-24(37)48)30(52)40-22(15-58)31(53)43-28(18(5)47)34(56)38-19(13-45)12-25(49)50/h13,16-23,26-28,46-47,58H,6-12,14-15,36H2,1-5H3,(H2,37,48)(H,38,56)(H,39,55)(H,40,52)(H,41,51)(H,42,54)(H,43,53)(H,49,50)/t17-,18+,19-,20-,21-,22-,23-,26-,27-,28-/m0/s1. The Morgan fingerprint density at radius 2 is 1.40 bits per heavy atom. The first-order valence-corrected chi connectivity index (χ1v) is 19.5. The number of nitrogens with one attached hydrogen (secondary N) is 6. The Morgan fingerprint density at radius 3 is 1.90 bits per heavy atom. The highest BCUT2D eigenvalue weighted by molar-refractivity contribution is 7.80. The van der Waals surface area contributed by atoms with Crippen molar-refractivity contribution in [1.29, 1.82) is 0 Å². The minimum absolute atomic E-state index is 0.163. The third-order valence-corrected chi connectivity index (χ3v) is 9.84. The van der Waals surface area contributed by atoms with Crippen molar-refractivity contribution in [2.75, 3.05) is 18.9 Å². The minimum atomic E-state index is -1.71. The molecule has 10 atom stereocenters. The second-order valence-corrected chi connectivity index (χ2v) is 14.8. The molecule has 0 aromatic carbocycles. The Morgan fingerprint density at radius 1 is 0.828 bits per heavy atom. The van der Waals surface area contributed by atoms with Gasteiger partial charge in [0.1, 0.15) is 48.6 Å². The molecule has 0 aliphatic carbocycles. The zero-order valence-corrected chi connectivity index (χ0v) is 34.2. The van der Waals surface area contributed by atoms with Crippen LogP contribution in [0.15, 0.2) is 0 Å². The Hall–Kier alpha value is -4.87. The summed E-state index contributed by atoms with van der Waals surface area (Å²) in [5.41, 5.74) is 10.9. The summed E-state index contributed by atoms with van der Waals surface area (Å²) < 4.78 is 0. The summed E-state index contributed by atoms with van der Waals surface area (Å²) in [4.78, 5) is 128. The van der Waals surface area contributed by atoms with E-state index in [2.05, 4.69) is 44.5 Å². The van der Waals surface area contributed by atoms with Crippen LogP contribution in [0.3, 0.4) is 0 Å². The van der Waals surface area contributed by atoms with Gasteiger partial charge in [-0.3, -0.25) is 43.2 Å². The first-order valence-electron chi connectivity index (χ1n) is 18.9. The summed E-state index contributed by atoms with van der Waals surface area (Å²) >= 11 is 4.09. The van der Waals surface area contributed by atoms with E-state index in [1.807, 2.05) is 0 Å². The molecule has 58 heavy (non-hydrogen) atoms. The molecule has 0 bridgehead atoms. The summed E-state index contributed by atoms with van der Waals surface area (Å²) in [5.74, 6) is -9.56. The number of likely N-dealkylation sites (tertiary alicyclic amines) is 1. The van der Waals surface area contributed by atoms with Gasteiger partial charge in [-0.1, -0.05) is 34.1 Å². The maximum atomic E-state index is 13.8. The average Bonchev–Trinajstić information content (AvgIpc) is 3.66. The predicted molar refractivity (Wildman–Crippen MR) is 208 cm³/mol. The van der Waals surface area contributed by atoms with Crippen molar-refractivity contribution in [3.63, 3.8) is 0 Å². The number of aliphatic hydroxyl groups is 2. The molecule has 8 amide bonds. The van der Waals surface area contributed by atoms with E-state index in [1.54, 1.807) is 27.7 Å². The monoisotopic (exact) mass is 845 g/mol. The summed E-state index contributed by atoms with van der Waals surface area (Å²) in [6, 6.07) is -10.9. The van der Waals surface area contributed by atoms with E-state index in [1.165, 1.54) is 4.90 Å². The van der Waals surface area contributed by atoms with E-state index in [0.29, 0.717) is 12.8 Å². The lowest BCUT2D eigenvalue weighted by molar-refractivity contribution is -0.143. The maximum absolute atomic E-state index is 13.8. The molecule has 13 N–H and O–H groups in total. The smallest absolute Gasteiger partial charge is 0.305 e. The number of carbonyl (C=O) groups is 10. The highest BCUT2D eigenvalue weighted by atomic mass is 32.1. The molecule has 328 valence electrons. The molecule has 1 aliphatic rings. The number of nitrogens with two attached hydrogens (primary N) is 2. The van der Waals surface area contributed by atoms with Gasteiger partial charge in [0.2, 0.25) is 47.3 Å². The highest BCUT2D eigenvalue weighted by Gasteiger charge is 2.41. The Kier molecular flexibility index (Phi) is 21.9. The van der Waals surface area contributed by atoms with E-state index in [0.717, 1.165) is 6.92 Å². The Balaban J connectivity index is 3.25. The number of hydrogen-bond acceptors (Lipinski definition) is 14. The number of carbonyl (C=O) groups excluding carboxylic acids is 9. The molecule has 1 aliphatic heterocycles. The Bertz CT molecular complexity index is 1500. The van der Waals surface area contributed by atoms with E-state index in [-0.39, 0.29) is 31.4 Å². The van der Waals surface area contributed by atoms with Gasteiger partial charge in [0.15, 0.2) is 0 Å². The van der Waals surface area contributed by atoms with Gasteiger partial charge < -0.3 is 68.4 Å². The normalized spacial score (nSPS) is 18.4. The maximum Gasteiger partial charge on any atom is 0.305 e. The van der Waals surface area contributed by atoms with E-state index in [9.17, 15) is 58.2 Å². The minimum Gasteiger partial charge on any atom is -0.481 e. The van der Waals surface area contributed by atoms with Gasteiger partial charge in [-0.2, -0.15) is 12.6 Å². The SMILES string of the molecule is CC[C@H](C)[C@H](NC(=O)[C@@H]1CCCN1C(=O)[C@@H](NC(=O)[C@@H](N)CO)C(C)C)C(=O)N[C@@H](CCC(N)=O)C(=O)N[C@@H](CS)C(=O)N[C@H](C(=O)N[C@H](C=O)CC(=O)O)[C@@H](C)O. The Labute approximate surface area is 341 Å². The molecule has 0 saturated carbocycles. The number of nitrogens with zero attached hydrogens (tertiary/aromatic N) is 1. The number of rotatable bonds is 25. The van der Waals surface area contributed by atoms with Gasteiger partial charge in [-0.15, -0.1) is 0 Å².